The minimum atomic E-state index is -0.945. The van der Waals surface area contributed by atoms with Crippen LogP contribution in [-0.4, -0.2) is 18.7 Å². The Hall–Kier alpha value is -3.02. The maximum absolute atomic E-state index is 11.7. The maximum Gasteiger partial charge on any atom is 0.519 e. The molecular weight excluding hydrogens is 286 g/mol. The molecule has 0 amide bonds. The Morgan fingerprint density at radius 1 is 1.05 bits per heavy atom. The fourth-order valence-electron chi connectivity index (χ4n) is 1.66. The monoisotopic (exact) mass is 301 g/mol. The Kier molecular flexibility index (Phi) is 4.98. The van der Waals surface area contributed by atoms with Crippen molar-refractivity contribution >= 4 is 17.8 Å². The molecule has 6 heteroatoms. The van der Waals surface area contributed by atoms with Gasteiger partial charge in [-0.25, -0.2) is 9.59 Å². The SMILES string of the molecule is CCOC(=O)c1ccc(N)c(OC(=O)Oc2ccccc2)c1. The van der Waals surface area contributed by atoms with E-state index in [-0.39, 0.29) is 23.6 Å². The van der Waals surface area contributed by atoms with Gasteiger partial charge in [-0.15, -0.1) is 0 Å². The van der Waals surface area contributed by atoms with Crippen molar-refractivity contribution in [3.8, 4) is 11.5 Å². The summed E-state index contributed by atoms with van der Waals surface area (Å²) in [4.78, 5) is 23.4. The molecule has 0 heterocycles. The number of carbonyl (C=O) groups is 2. The number of nitrogen functional groups attached to an aromatic ring is 1. The number of para-hydroxylation sites is 1. The number of benzene rings is 2. The van der Waals surface area contributed by atoms with Gasteiger partial charge in [0.05, 0.1) is 17.9 Å². The van der Waals surface area contributed by atoms with Crippen LogP contribution in [0.25, 0.3) is 0 Å². The van der Waals surface area contributed by atoms with Gasteiger partial charge >= 0.3 is 12.1 Å². The Balaban J connectivity index is 2.10. The van der Waals surface area contributed by atoms with Crippen LogP contribution in [0.4, 0.5) is 10.5 Å². The Morgan fingerprint density at radius 3 is 2.45 bits per heavy atom. The zero-order valence-electron chi connectivity index (χ0n) is 11.9. The first kappa shape index (κ1) is 15.4. The molecule has 0 aliphatic heterocycles. The molecular formula is C16H15NO5. The zero-order chi connectivity index (χ0) is 15.9. The van der Waals surface area contributed by atoms with Crippen LogP contribution in [0.5, 0.6) is 11.5 Å². The zero-order valence-corrected chi connectivity index (χ0v) is 11.9. The van der Waals surface area contributed by atoms with Gasteiger partial charge in [-0.1, -0.05) is 18.2 Å². The third-order valence-electron chi connectivity index (χ3n) is 2.66. The van der Waals surface area contributed by atoms with E-state index in [0.29, 0.717) is 5.75 Å². The van der Waals surface area contributed by atoms with Crippen LogP contribution in [0.2, 0.25) is 0 Å². The lowest BCUT2D eigenvalue weighted by atomic mass is 10.2. The summed E-state index contributed by atoms with van der Waals surface area (Å²) in [7, 11) is 0. The van der Waals surface area contributed by atoms with Crippen molar-refractivity contribution in [2.75, 3.05) is 12.3 Å². The molecule has 2 aromatic carbocycles. The summed E-state index contributed by atoms with van der Waals surface area (Å²) in [5.41, 5.74) is 6.16. The lowest BCUT2D eigenvalue weighted by molar-refractivity contribution is 0.0525. The average Bonchev–Trinajstić information content (AvgIpc) is 2.50. The molecule has 0 unspecified atom stereocenters. The van der Waals surface area contributed by atoms with E-state index in [1.165, 1.54) is 18.2 Å². The van der Waals surface area contributed by atoms with E-state index in [9.17, 15) is 9.59 Å². The molecule has 0 fully saturated rings. The smallest absolute Gasteiger partial charge is 0.462 e. The standard InChI is InChI=1S/C16H15NO5/c1-2-20-15(18)11-8-9-13(17)14(10-11)22-16(19)21-12-6-4-3-5-7-12/h3-10H,2,17H2,1H3. The summed E-state index contributed by atoms with van der Waals surface area (Å²) in [6.07, 6.45) is -0.945. The molecule has 2 rings (SSSR count). The molecule has 0 atom stereocenters. The largest absolute Gasteiger partial charge is 0.519 e. The van der Waals surface area contributed by atoms with E-state index < -0.39 is 12.1 Å². The van der Waals surface area contributed by atoms with Crippen LogP contribution in [0.3, 0.4) is 0 Å². The first-order chi connectivity index (χ1) is 10.6. The third kappa shape index (κ3) is 3.99. The summed E-state index contributed by atoms with van der Waals surface area (Å²) >= 11 is 0. The van der Waals surface area contributed by atoms with Crippen molar-refractivity contribution in [1.82, 2.24) is 0 Å². The van der Waals surface area contributed by atoms with Crippen LogP contribution in [0, 0.1) is 0 Å². The normalized spacial score (nSPS) is 9.86. The first-order valence-corrected chi connectivity index (χ1v) is 6.61. The highest BCUT2D eigenvalue weighted by molar-refractivity contribution is 5.91. The molecule has 2 aromatic rings. The number of carbonyl (C=O) groups excluding carboxylic acids is 2. The van der Waals surface area contributed by atoms with Crippen molar-refractivity contribution in [1.29, 1.82) is 0 Å². The van der Waals surface area contributed by atoms with Gasteiger partial charge in [-0.3, -0.25) is 0 Å². The van der Waals surface area contributed by atoms with Gasteiger partial charge in [0.1, 0.15) is 5.75 Å². The van der Waals surface area contributed by atoms with Gasteiger partial charge in [0.2, 0.25) is 0 Å². The van der Waals surface area contributed by atoms with Gasteiger partial charge in [-0.05, 0) is 37.3 Å². The molecule has 0 radical (unpaired) electrons. The molecule has 114 valence electrons. The number of esters is 1. The second-order valence-electron chi connectivity index (χ2n) is 4.24. The van der Waals surface area contributed by atoms with Gasteiger partial charge in [0.25, 0.3) is 0 Å². The molecule has 6 nitrogen and oxygen atoms in total. The van der Waals surface area contributed by atoms with E-state index in [1.54, 1.807) is 37.3 Å². The van der Waals surface area contributed by atoms with Crippen molar-refractivity contribution in [3.63, 3.8) is 0 Å². The highest BCUT2D eigenvalue weighted by Gasteiger charge is 2.14. The fourth-order valence-corrected chi connectivity index (χ4v) is 1.66. The van der Waals surface area contributed by atoms with Crippen LogP contribution in [0.15, 0.2) is 48.5 Å². The number of hydrogen-bond donors (Lipinski definition) is 1. The summed E-state index contributed by atoms with van der Waals surface area (Å²) < 4.78 is 14.9. The number of nitrogens with two attached hydrogens (primary N) is 1. The molecule has 0 aliphatic carbocycles. The Labute approximate surface area is 127 Å². The first-order valence-electron chi connectivity index (χ1n) is 6.61. The van der Waals surface area contributed by atoms with E-state index >= 15 is 0 Å². The van der Waals surface area contributed by atoms with Crippen LogP contribution < -0.4 is 15.2 Å². The number of hydrogen-bond acceptors (Lipinski definition) is 6. The summed E-state index contributed by atoms with van der Waals surface area (Å²) in [6, 6.07) is 12.7. The van der Waals surface area contributed by atoms with Crippen LogP contribution >= 0.6 is 0 Å². The van der Waals surface area contributed by atoms with Crippen LogP contribution in [-0.2, 0) is 4.74 Å². The van der Waals surface area contributed by atoms with Gasteiger partial charge in [-0.2, -0.15) is 0 Å². The quantitative estimate of drug-likeness (QED) is 0.530. The summed E-state index contributed by atoms with van der Waals surface area (Å²) in [5, 5.41) is 0. The summed E-state index contributed by atoms with van der Waals surface area (Å²) in [5.74, 6) is -0.150. The molecule has 0 saturated carbocycles. The highest BCUT2D eigenvalue weighted by Crippen LogP contribution is 2.24. The lowest BCUT2D eigenvalue weighted by Gasteiger charge is -2.09. The predicted octanol–water partition coefficient (Wildman–Crippen LogP) is 3.02. The minimum Gasteiger partial charge on any atom is -0.462 e. The second-order valence-corrected chi connectivity index (χ2v) is 4.24. The van der Waals surface area contributed by atoms with E-state index in [0.717, 1.165) is 0 Å². The van der Waals surface area contributed by atoms with Gasteiger partial charge in [0.15, 0.2) is 5.75 Å². The molecule has 0 aromatic heterocycles. The van der Waals surface area contributed by atoms with Crippen molar-refractivity contribution in [2.24, 2.45) is 0 Å². The molecule has 0 spiro atoms. The van der Waals surface area contributed by atoms with Crippen molar-refractivity contribution in [2.45, 2.75) is 6.92 Å². The van der Waals surface area contributed by atoms with E-state index in [1.807, 2.05) is 0 Å². The van der Waals surface area contributed by atoms with E-state index in [2.05, 4.69) is 0 Å². The van der Waals surface area contributed by atoms with Crippen LogP contribution in [0.1, 0.15) is 17.3 Å². The van der Waals surface area contributed by atoms with Gasteiger partial charge in [0, 0.05) is 0 Å². The molecule has 22 heavy (non-hydrogen) atoms. The number of anilines is 1. The number of rotatable bonds is 4. The minimum absolute atomic E-state index is 0.0338. The third-order valence-corrected chi connectivity index (χ3v) is 2.66. The van der Waals surface area contributed by atoms with E-state index in [4.69, 9.17) is 19.9 Å². The average molecular weight is 301 g/mol. The maximum atomic E-state index is 11.7. The number of ether oxygens (including phenoxy) is 3. The topological polar surface area (TPSA) is 87.9 Å². The fraction of sp³-hybridized carbons (Fsp3) is 0.125. The second kappa shape index (κ2) is 7.12. The Bertz CT molecular complexity index is 669. The van der Waals surface area contributed by atoms with Gasteiger partial charge < -0.3 is 19.9 Å². The molecule has 0 aliphatic rings. The summed E-state index contributed by atoms with van der Waals surface area (Å²) in [6.45, 7) is 1.94. The highest BCUT2D eigenvalue weighted by atomic mass is 16.7. The Morgan fingerprint density at radius 2 is 1.77 bits per heavy atom. The molecule has 0 saturated heterocycles. The van der Waals surface area contributed by atoms with Crippen molar-refractivity contribution in [3.05, 3.63) is 54.1 Å². The molecule has 0 bridgehead atoms. The molecule has 2 N–H and O–H groups in total. The predicted molar refractivity (Wildman–Crippen MR) is 79.9 cm³/mol. The van der Waals surface area contributed by atoms with Crippen molar-refractivity contribution < 1.29 is 23.8 Å². The lowest BCUT2D eigenvalue weighted by Crippen LogP contribution is -2.15.